The Morgan fingerprint density at radius 1 is 1.29 bits per heavy atom. The molecular weight excluding hydrogens is 274 g/mol. The molecule has 1 aromatic heterocycles. The van der Waals surface area contributed by atoms with Crippen molar-refractivity contribution in [3.63, 3.8) is 0 Å². The molecule has 0 aliphatic heterocycles. The van der Waals surface area contributed by atoms with E-state index in [9.17, 15) is 9.59 Å². The summed E-state index contributed by atoms with van der Waals surface area (Å²) in [6.45, 7) is 3.90. The second kappa shape index (κ2) is 6.65. The summed E-state index contributed by atoms with van der Waals surface area (Å²) in [5.41, 5.74) is 0.950. The van der Waals surface area contributed by atoms with Crippen LogP contribution in [0.25, 0.3) is 0 Å². The third kappa shape index (κ3) is 3.88. The Balaban J connectivity index is 1.99. The molecule has 0 fully saturated rings. The number of hydrogen-bond acceptors (Lipinski definition) is 6. The van der Waals surface area contributed by atoms with Gasteiger partial charge in [0.1, 0.15) is 0 Å². The van der Waals surface area contributed by atoms with Gasteiger partial charge in [0.2, 0.25) is 5.89 Å². The second-order valence-corrected chi connectivity index (χ2v) is 4.30. The van der Waals surface area contributed by atoms with Gasteiger partial charge in [-0.1, -0.05) is 12.1 Å². The van der Waals surface area contributed by atoms with Crippen LogP contribution in [0.15, 0.2) is 28.8 Å². The molecule has 0 saturated heterocycles. The van der Waals surface area contributed by atoms with Crippen LogP contribution in [0.3, 0.4) is 0 Å². The maximum absolute atomic E-state index is 11.8. The minimum Gasteiger partial charge on any atom is -0.462 e. The van der Waals surface area contributed by atoms with E-state index in [4.69, 9.17) is 9.26 Å². The van der Waals surface area contributed by atoms with Crippen LogP contribution in [0.1, 0.15) is 40.2 Å². The van der Waals surface area contributed by atoms with E-state index in [1.807, 2.05) is 6.92 Å². The number of nitrogens with zero attached hydrogens (tertiary/aromatic N) is 2. The van der Waals surface area contributed by atoms with Crippen molar-refractivity contribution in [2.24, 2.45) is 0 Å². The Kier molecular flexibility index (Phi) is 4.65. The highest BCUT2D eigenvalue weighted by molar-refractivity contribution is 6.01. The number of ether oxygens (including phenoxy) is 1. The molecule has 1 amide bonds. The summed E-state index contributed by atoms with van der Waals surface area (Å²) in [6.07, 6.45) is 0.768. The molecule has 7 heteroatoms. The van der Waals surface area contributed by atoms with Gasteiger partial charge < -0.3 is 14.6 Å². The van der Waals surface area contributed by atoms with E-state index < -0.39 is 5.91 Å². The molecule has 110 valence electrons. The molecule has 0 aliphatic carbocycles. The fraction of sp³-hybridized carbons (Fsp3) is 0.286. The van der Waals surface area contributed by atoms with Gasteiger partial charge in [0.05, 0.1) is 12.2 Å². The number of aromatic nitrogens is 2. The first kappa shape index (κ1) is 14.7. The van der Waals surface area contributed by atoms with Crippen molar-refractivity contribution in [1.29, 1.82) is 0 Å². The number of benzene rings is 1. The fourth-order valence-corrected chi connectivity index (χ4v) is 1.55. The molecular formula is C14H15N3O4. The van der Waals surface area contributed by atoms with E-state index >= 15 is 0 Å². The van der Waals surface area contributed by atoms with E-state index in [1.165, 1.54) is 0 Å². The van der Waals surface area contributed by atoms with Crippen LogP contribution in [-0.2, 0) is 4.74 Å². The molecule has 0 atom stereocenters. The first-order chi connectivity index (χ1) is 10.1. The summed E-state index contributed by atoms with van der Waals surface area (Å²) in [7, 11) is 0. The largest absolute Gasteiger partial charge is 0.462 e. The number of aryl methyl sites for hydroxylation is 1. The fourth-order valence-electron chi connectivity index (χ4n) is 1.55. The molecule has 2 aromatic rings. The number of amides is 1. The van der Waals surface area contributed by atoms with Crippen molar-refractivity contribution in [2.75, 3.05) is 11.9 Å². The molecule has 1 heterocycles. The Morgan fingerprint density at radius 3 is 2.57 bits per heavy atom. The molecule has 1 N–H and O–H groups in total. The molecule has 0 saturated carbocycles. The summed E-state index contributed by atoms with van der Waals surface area (Å²) >= 11 is 0. The highest BCUT2D eigenvalue weighted by Gasteiger charge is 2.13. The van der Waals surface area contributed by atoms with Crippen molar-refractivity contribution >= 4 is 17.6 Å². The van der Waals surface area contributed by atoms with Gasteiger partial charge in [-0.05, 0) is 30.7 Å². The molecule has 0 aliphatic rings. The molecule has 2 rings (SSSR count). The summed E-state index contributed by atoms with van der Waals surface area (Å²) in [5, 5.41) is 6.12. The van der Waals surface area contributed by atoms with Gasteiger partial charge in [0, 0.05) is 12.6 Å². The van der Waals surface area contributed by atoms with Crippen LogP contribution < -0.4 is 5.32 Å². The maximum Gasteiger partial charge on any atom is 0.338 e. The SMILES string of the molecule is CCCOC(=O)c1ccc(NC(=O)c2noc(C)n2)cc1. The molecule has 0 bridgehead atoms. The summed E-state index contributed by atoms with van der Waals surface area (Å²) in [6, 6.07) is 6.37. The van der Waals surface area contributed by atoms with E-state index in [0.717, 1.165) is 6.42 Å². The number of nitrogens with one attached hydrogen (secondary N) is 1. The third-order valence-corrected chi connectivity index (χ3v) is 2.55. The average molecular weight is 289 g/mol. The second-order valence-electron chi connectivity index (χ2n) is 4.30. The first-order valence-electron chi connectivity index (χ1n) is 6.49. The first-order valence-corrected chi connectivity index (χ1v) is 6.49. The van der Waals surface area contributed by atoms with Crippen LogP contribution in [0.2, 0.25) is 0 Å². The number of carbonyl (C=O) groups excluding carboxylic acids is 2. The van der Waals surface area contributed by atoms with Gasteiger partial charge in [0.15, 0.2) is 0 Å². The van der Waals surface area contributed by atoms with Crippen LogP contribution in [0, 0.1) is 6.92 Å². The van der Waals surface area contributed by atoms with Crippen molar-refractivity contribution in [3.8, 4) is 0 Å². The highest BCUT2D eigenvalue weighted by atomic mass is 16.5. The summed E-state index contributed by atoms with van der Waals surface area (Å²) < 4.78 is 9.74. The number of rotatable bonds is 5. The Hall–Kier alpha value is -2.70. The lowest BCUT2D eigenvalue weighted by molar-refractivity contribution is 0.0505. The quantitative estimate of drug-likeness (QED) is 0.848. The molecule has 0 spiro atoms. The predicted octanol–water partition coefficient (Wildman–Crippen LogP) is 2.20. The Morgan fingerprint density at radius 2 is 2.00 bits per heavy atom. The lowest BCUT2D eigenvalue weighted by Crippen LogP contribution is -2.14. The van der Waals surface area contributed by atoms with Crippen molar-refractivity contribution in [2.45, 2.75) is 20.3 Å². The van der Waals surface area contributed by atoms with Gasteiger partial charge in [-0.15, -0.1) is 0 Å². The molecule has 7 nitrogen and oxygen atoms in total. The normalized spacial score (nSPS) is 10.2. The van der Waals surface area contributed by atoms with Gasteiger partial charge >= 0.3 is 5.97 Å². The number of anilines is 1. The maximum atomic E-state index is 11.8. The molecule has 0 radical (unpaired) electrons. The van der Waals surface area contributed by atoms with Gasteiger partial charge in [-0.3, -0.25) is 4.79 Å². The van der Waals surface area contributed by atoms with Gasteiger partial charge in [0.25, 0.3) is 11.7 Å². The van der Waals surface area contributed by atoms with Crippen LogP contribution in [-0.4, -0.2) is 28.6 Å². The molecule has 21 heavy (non-hydrogen) atoms. The molecule has 0 unspecified atom stereocenters. The van der Waals surface area contributed by atoms with Crippen molar-refractivity contribution < 1.29 is 18.8 Å². The summed E-state index contributed by atoms with van der Waals surface area (Å²) in [4.78, 5) is 27.2. The van der Waals surface area contributed by atoms with Gasteiger partial charge in [-0.25, -0.2) is 4.79 Å². The lowest BCUT2D eigenvalue weighted by Gasteiger charge is -2.05. The lowest BCUT2D eigenvalue weighted by atomic mass is 10.2. The van der Waals surface area contributed by atoms with E-state index in [2.05, 4.69) is 15.5 Å². The zero-order valence-electron chi connectivity index (χ0n) is 11.8. The minimum absolute atomic E-state index is 0.0427. The number of hydrogen-bond donors (Lipinski definition) is 1. The third-order valence-electron chi connectivity index (χ3n) is 2.55. The van der Waals surface area contributed by atoms with E-state index in [-0.39, 0.29) is 11.8 Å². The minimum atomic E-state index is -0.479. The van der Waals surface area contributed by atoms with Crippen molar-refractivity contribution in [1.82, 2.24) is 10.1 Å². The number of esters is 1. The van der Waals surface area contributed by atoms with E-state index in [1.54, 1.807) is 31.2 Å². The van der Waals surface area contributed by atoms with E-state index in [0.29, 0.717) is 23.7 Å². The summed E-state index contributed by atoms with van der Waals surface area (Å²) in [5.74, 6) is -0.593. The van der Waals surface area contributed by atoms with Gasteiger partial charge in [-0.2, -0.15) is 4.98 Å². The average Bonchev–Trinajstić information content (AvgIpc) is 2.92. The zero-order valence-corrected chi connectivity index (χ0v) is 11.8. The van der Waals surface area contributed by atoms with Crippen LogP contribution in [0.5, 0.6) is 0 Å². The monoisotopic (exact) mass is 289 g/mol. The number of carbonyl (C=O) groups is 2. The Bertz CT molecular complexity index is 634. The van der Waals surface area contributed by atoms with Crippen LogP contribution in [0.4, 0.5) is 5.69 Å². The van der Waals surface area contributed by atoms with Crippen molar-refractivity contribution in [3.05, 3.63) is 41.5 Å². The Labute approximate surface area is 121 Å². The van der Waals surface area contributed by atoms with Crippen LogP contribution >= 0.6 is 0 Å². The smallest absolute Gasteiger partial charge is 0.338 e. The standard InChI is InChI=1S/C14H15N3O4/c1-3-8-20-14(19)10-4-6-11(7-5-10)16-13(18)12-15-9(2)21-17-12/h4-7H,3,8H2,1-2H3,(H,16,18). The molecule has 1 aromatic carbocycles. The predicted molar refractivity (Wildman–Crippen MR) is 74.0 cm³/mol. The topological polar surface area (TPSA) is 94.3 Å². The highest BCUT2D eigenvalue weighted by Crippen LogP contribution is 2.11. The zero-order chi connectivity index (χ0) is 15.2.